The van der Waals surface area contributed by atoms with Crippen LogP contribution in [0.2, 0.25) is 0 Å². The molecule has 0 aliphatic rings. The van der Waals surface area contributed by atoms with E-state index >= 15 is 0 Å². The Morgan fingerprint density at radius 1 is 1.29 bits per heavy atom. The van der Waals surface area contributed by atoms with Gasteiger partial charge in [-0.2, -0.15) is 0 Å². The molecule has 21 heavy (non-hydrogen) atoms. The van der Waals surface area contributed by atoms with Gasteiger partial charge >= 0.3 is 0 Å². The molecule has 0 saturated carbocycles. The predicted octanol–water partition coefficient (Wildman–Crippen LogP) is 4.20. The predicted molar refractivity (Wildman–Crippen MR) is 94.0 cm³/mol. The Hall–Kier alpha value is -0.410. The normalized spacial score (nSPS) is 13.3. The van der Waals surface area contributed by atoms with Crippen molar-refractivity contribution in [3.8, 4) is 0 Å². The van der Waals surface area contributed by atoms with Crippen molar-refractivity contribution in [3.05, 3.63) is 43.0 Å². The summed E-state index contributed by atoms with van der Waals surface area (Å²) in [5, 5.41) is 0. The van der Waals surface area contributed by atoms with Gasteiger partial charge in [-0.3, -0.25) is 0 Å². The second-order valence-electron chi connectivity index (χ2n) is 4.60. The third kappa shape index (κ3) is 3.87. The van der Waals surface area contributed by atoms with E-state index < -0.39 is 10.0 Å². The standard InChI is InChI=1S/C13H14Br2N2O2S2/c1-7-3-4-12(20-7)8(2)17-21(18,19)13-10(15)5-9(14)6-11(13)16/h3-6,8,17H,16H2,1-2H3. The van der Waals surface area contributed by atoms with Crippen molar-refractivity contribution in [2.45, 2.75) is 24.8 Å². The molecule has 8 heteroatoms. The van der Waals surface area contributed by atoms with E-state index in [1.54, 1.807) is 23.5 Å². The molecule has 1 heterocycles. The van der Waals surface area contributed by atoms with Crippen molar-refractivity contribution < 1.29 is 8.42 Å². The Bertz CT molecular complexity index is 749. The van der Waals surface area contributed by atoms with Crippen LogP contribution in [0, 0.1) is 6.92 Å². The monoisotopic (exact) mass is 452 g/mol. The molecule has 0 bridgehead atoms. The summed E-state index contributed by atoms with van der Waals surface area (Å²) in [6.07, 6.45) is 0. The molecule has 0 fully saturated rings. The lowest BCUT2D eigenvalue weighted by molar-refractivity contribution is 0.568. The second kappa shape index (κ2) is 6.37. The summed E-state index contributed by atoms with van der Waals surface area (Å²) in [5.41, 5.74) is 6.04. The quantitative estimate of drug-likeness (QED) is 0.681. The zero-order valence-corrected chi connectivity index (χ0v) is 16.2. The van der Waals surface area contributed by atoms with E-state index in [4.69, 9.17) is 5.73 Å². The van der Waals surface area contributed by atoms with Crippen LogP contribution in [-0.4, -0.2) is 8.42 Å². The summed E-state index contributed by atoms with van der Waals surface area (Å²) in [6, 6.07) is 6.80. The molecule has 1 aromatic carbocycles. The van der Waals surface area contributed by atoms with Crippen LogP contribution in [0.4, 0.5) is 5.69 Å². The van der Waals surface area contributed by atoms with E-state index in [2.05, 4.69) is 36.6 Å². The number of hydrogen-bond acceptors (Lipinski definition) is 4. The van der Waals surface area contributed by atoms with Crippen molar-refractivity contribution in [3.63, 3.8) is 0 Å². The molecule has 0 aliphatic heterocycles. The van der Waals surface area contributed by atoms with E-state index in [9.17, 15) is 8.42 Å². The molecule has 1 unspecified atom stereocenters. The molecule has 3 N–H and O–H groups in total. The molecule has 1 aromatic heterocycles. The second-order valence-corrected chi connectivity index (χ2v) is 9.34. The number of thiophene rings is 1. The number of nitrogens with two attached hydrogens (primary N) is 1. The van der Waals surface area contributed by atoms with Gasteiger partial charge in [0.2, 0.25) is 10.0 Å². The molecule has 0 spiro atoms. The smallest absolute Gasteiger partial charge is 0.244 e. The highest BCUT2D eigenvalue weighted by Gasteiger charge is 2.24. The summed E-state index contributed by atoms with van der Waals surface area (Å²) < 4.78 is 28.9. The fourth-order valence-corrected chi connectivity index (χ4v) is 6.15. The van der Waals surface area contributed by atoms with Crippen LogP contribution in [-0.2, 0) is 10.0 Å². The molecule has 0 saturated heterocycles. The molecule has 114 valence electrons. The lowest BCUT2D eigenvalue weighted by atomic mass is 10.3. The summed E-state index contributed by atoms with van der Waals surface area (Å²) in [7, 11) is -3.71. The third-order valence-electron chi connectivity index (χ3n) is 2.83. The van der Waals surface area contributed by atoms with Crippen LogP contribution in [0.1, 0.15) is 22.7 Å². The van der Waals surface area contributed by atoms with Gasteiger partial charge in [-0.05, 0) is 54.0 Å². The number of nitrogens with one attached hydrogen (secondary N) is 1. The SMILES string of the molecule is Cc1ccc(C(C)NS(=O)(=O)c2c(N)cc(Br)cc2Br)s1. The number of hydrogen-bond donors (Lipinski definition) is 2. The van der Waals surface area contributed by atoms with Crippen LogP contribution in [0.25, 0.3) is 0 Å². The first-order chi connectivity index (χ1) is 9.70. The Labute approximate surface area is 145 Å². The summed E-state index contributed by atoms with van der Waals surface area (Å²) >= 11 is 8.10. The number of nitrogen functional groups attached to an aromatic ring is 1. The van der Waals surface area contributed by atoms with Crippen molar-refractivity contribution in [1.29, 1.82) is 0 Å². The van der Waals surface area contributed by atoms with Crippen LogP contribution < -0.4 is 10.5 Å². The van der Waals surface area contributed by atoms with Crippen molar-refractivity contribution in [1.82, 2.24) is 4.72 Å². The molecule has 0 radical (unpaired) electrons. The molecular formula is C13H14Br2N2O2S2. The van der Waals surface area contributed by atoms with Gasteiger partial charge in [-0.1, -0.05) is 15.9 Å². The largest absolute Gasteiger partial charge is 0.398 e. The van der Waals surface area contributed by atoms with Crippen LogP contribution in [0.3, 0.4) is 0 Å². The van der Waals surface area contributed by atoms with Gasteiger partial charge in [0, 0.05) is 18.7 Å². The van der Waals surface area contributed by atoms with E-state index in [1.165, 1.54) is 0 Å². The minimum Gasteiger partial charge on any atom is -0.398 e. The van der Waals surface area contributed by atoms with Crippen molar-refractivity contribution in [2.24, 2.45) is 0 Å². The Kier molecular flexibility index (Phi) is 5.15. The minimum absolute atomic E-state index is 0.0610. The number of aryl methyl sites for hydroxylation is 1. The van der Waals surface area contributed by atoms with Crippen molar-refractivity contribution in [2.75, 3.05) is 5.73 Å². The highest BCUT2D eigenvalue weighted by molar-refractivity contribution is 9.11. The third-order valence-corrected chi connectivity index (χ3v) is 7.01. The summed E-state index contributed by atoms with van der Waals surface area (Å²) in [4.78, 5) is 2.16. The number of anilines is 1. The van der Waals surface area contributed by atoms with Gasteiger partial charge in [-0.25, -0.2) is 13.1 Å². The summed E-state index contributed by atoms with van der Waals surface area (Å²) in [6.45, 7) is 3.80. The van der Waals surface area contributed by atoms with Gasteiger partial charge < -0.3 is 5.73 Å². The average molecular weight is 454 g/mol. The maximum absolute atomic E-state index is 12.5. The molecule has 1 atom stereocenters. The first-order valence-corrected chi connectivity index (χ1v) is 9.92. The molecule has 0 amide bonds. The maximum atomic E-state index is 12.5. The topological polar surface area (TPSA) is 72.2 Å². The van der Waals surface area contributed by atoms with E-state index in [0.29, 0.717) is 8.95 Å². The molecule has 0 aliphatic carbocycles. The molecule has 4 nitrogen and oxygen atoms in total. The van der Waals surface area contributed by atoms with Crippen LogP contribution >= 0.6 is 43.2 Å². The van der Waals surface area contributed by atoms with Gasteiger partial charge in [0.05, 0.1) is 11.7 Å². The van der Waals surface area contributed by atoms with Crippen LogP contribution in [0.15, 0.2) is 38.1 Å². The lowest BCUT2D eigenvalue weighted by Gasteiger charge is -2.15. The Morgan fingerprint density at radius 2 is 1.95 bits per heavy atom. The van der Waals surface area contributed by atoms with Crippen LogP contribution in [0.5, 0.6) is 0 Å². The average Bonchev–Trinajstić information content (AvgIpc) is 2.73. The number of benzene rings is 1. The number of sulfonamides is 1. The fraction of sp³-hybridized carbons (Fsp3) is 0.231. The zero-order valence-electron chi connectivity index (χ0n) is 11.4. The van der Waals surface area contributed by atoms with Gasteiger partial charge in [0.1, 0.15) is 4.90 Å². The van der Waals surface area contributed by atoms with E-state index in [0.717, 1.165) is 9.75 Å². The maximum Gasteiger partial charge on any atom is 0.244 e. The van der Waals surface area contributed by atoms with Crippen molar-refractivity contribution >= 4 is 58.9 Å². The highest BCUT2D eigenvalue weighted by atomic mass is 79.9. The molecule has 2 rings (SSSR count). The van der Waals surface area contributed by atoms with E-state index in [-0.39, 0.29) is 16.6 Å². The summed E-state index contributed by atoms with van der Waals surface area (Å²) in [5.74, 6) is 0. The Balaban J connectivity index is 2.35. The first kappa shape index (κ1) is 17.0. The van der Waals surface area contributed by atoms with Gasteiger partial charge in [0.15, 0.2) is 0 Å². The fourth-order valence-electron chi connectivity index (χ4n) is 1.90. The lowest BCUT2D eigenvalue weighted by Crippen LogP contribution is -2.27. The Morgan fingerprint density at radius 3 is 2.48 bits per heavy atom. The minimum atomic E-state index is -3.71. The first-order valence-electron chi connectivity index (χ1n) is 6.04. The number of rotatable bonds is 4. The van der Waals surface area contributed by atoms with Gasteiger partial charge in [0.25, 0.3) is 0 Å². The molecular weight excluding hydrogens is 440 g/mol. The van der Waals surface area contributed by atoms with E-state index in [1.807, 2.05) is 26.0 Å². The van der Waals surface area contributed by atoms with Gasteiger partial charge in [-0.15, -0.1) is 11.3 Å². The highest BCUT2D eigenvalue weighted by Crippen LogP contribution is 2.33. The molecule has 2 aromatic rings. The zero-order chi connectivity index (χ0) is 15.8. The number of halogens is 2.